The monoisotopic (exact) mass is 366 g/mol. The molecule has 0 bridgehead atoms. The van der Waals surface area contributed by atoms with Gasteiger partial charge >= 0.3 is 0 Å². The Morgan fingerprint density at radius 2 is 2.35 bits per heavy atom. The third-order valence-corrected chi connectivity index (χ3v) is 4.30. The number of amides is 1. The summed E-state index contributed by atoms with van der Waals surface area (Å²) in [4.78, 5) is 19.6. The molecular weight excluding hydrogens is 347 g/mol. The summed E-state index contributed by atoms with van der Waals surface area (Å²) in [5.74, 6) is 5.09. The van der Waals surface area contributed by atoms with Crippen LogP contribution in [0.5, 0.6) is 0 Å². The number of ether oxygens (including phenoxy) is 1. The minimum atomic E-state index is -2.20. The minimum absolute atomic E-state index is 0.203. The largest absolute Gasteiger partial charge is 0.394 e. The van der Waals surface area contributed by atoms with Gasteiger partial charge in [-0.3, -0.25) is 4.79 Å². The van der Waals surface area contributed by atoms with Crippen LogP contribution in [0, 0.1) is 0 Å². The zero-order valence-electron chi connectivity index (χ0n) is 14.1. The number of carbonyl (C=O) groups is 1. The van der Waals surface area contributed by atoms with E-state index in [0.29, 0.717) is 10.9 Å². The zero-order valence-corrected chi connectivity index (χ0v) is 14.1. The minimum Gasteiger partial charge on any atom is -0.394 e. The molecule has 3 rings (SSSR count). The smallest absolute Gasteiger partial charge is 0.222 e. The van der Waals surface area contributed by atoms with Gasteiger partial charge in [0.2, 0.25) is 5.91 Å². The van der Waals surface area contributed by atoms with Gasteiger partial charge in [0.25, 0.3) is 0 Å². The molecule has 1 saturated heterocycles. The van der Waals surface area contributed by atoms with Crippen molar-refractivity contribution in [3.63, 3.8) is 0 Å². The lowest BCUT2D eigenvalue weighted by Gasteiger charge is -2.25. The Morgan fingerprint density at radius 1 is 1.62 bits per heavy atom. The molecule has 4 atom stereocenters. The fourth-order valence-corrected chi connectivity index (χ4v) is 3.09. The summed E-state index contributed by atoms with van der Waals surface area (Å²) < 4.78 is 22.0. The summed E-state index contributed by atoms with van der Waals surface area (Å²) in [5, 5.41) is 25.8. The lowest BCUT2D eigenvalue weighted by Crippen LogP contribution is -2.40. The highest BCUT2D eigenvalue weighted by Gasteiger charge is 2.55. The molecule has 2 unspecified atom stereocenters. The summed E-state index contributed by atoms with van der Waals surface area (Å²) >= 11 is 0. The fourth-order valence-electron chi connectivity index (χ4n) is 3.09. The first-order valence-corrected chi connectivity index (χ1v) is 7.81. The van der Waals surface area contributed by atoms with E-state index < -0.39 is 30.7 Å². The van der Waals surface area contributed by atoms with Crippen molar-refractivity contribution in [1.82, 2.24) is 14.5 Å². The Bertz CT molecular complexity index is 867. The third kappa shape index (κ3) is 2.79. The van der Waals surface area contributed by atoms with E-state index in [1.54, 1.807) is 0 Å². The molecule has 0 radical (unpaired) electrons. The average molecular weight is 366 g/mol. The molecule has 26 heavy (non-hydrogen) atoms. The molecule has 140 valence electrons. The highest BCUT2D eigenvalue weighted by atomic mass is 19.1. The highest BCUT2D eigenvalue weighted by Crippen LogP contribution is 2.43. The standard InChI is InChI=1S/C15H19FN6O4/c1-7(24)21-12-10-8(3-20-17)4-22(13(10)19-6-18-12)14-15(2,16)11(25)9(5-23)26-14/h3-4,6,9,11,14,23,25H,5,17H2,1-2H3,(H,18,19,21,24)/b20-3+/t9?,11?,14-,15-/m1/s1. The number of alkyl halides is 1. The van der Waals surface area contributed by atoms with Crippen molar-refractivity contribution >= 4 is 29.0 Å². The number of hydrogen-bond donors (Lipinski definition) is 4. The van der Waals surface area contributed by atoms with E-state index in [2.05, 4.69) is 20.4 Å². The van der Waals surface area contributed by atoms with Gasteiger partial charge in [-0.1, -0.05) is 0 Å². The van der Waals surface area contributed by atoms with Gasteiger partial charge in [-0.05, 0) is 6.92 Å². The number of aromatic nitrogens is 3. The SMILES string of the molecule is CC(=O)Nc1ncnc2c1c(/C=N/N)cn2[C@@H]1OC(CO)C(O)[C@@]1(C)F. The molecule has 0 saturated carbocycles. The maximum atomic E-state index is 15.1. The van der Waals surface area contributed by atoms with E-state index in [9.17, 15) is 15.0 Å². The van der Waals surface area contributed by atoms with Crippen molar-refractivity contribution in [2.75, 3.05) is 11.9 Å². The lowest BCUT2D eigenvalue weighted by molar-refractivity contribution is -0.114. The summed E-state index contributed by atoms with van der Waals surface area (Å²) in [6.07, 6.45) is 0.109. The Labute approximate surface area is 147 Å². The number of hydrazone groups is 1. The Kier molecular flexibility index (Phi) is 4.61. The van der Waals surface area contributed by atoms with E-state index >= 15 is 4.39 Å². The molecule has 5 N–H and O–H groups in total. The van der Waals surface area contributed by atoms with E-state index in [0.717, 1.165) is 0 Å². The number of aliphatic hydroxyl groups is 2. The van der Waals surface area contributed by atoms with Crippen LogP contribution in [0.25, 0.3) is 11.0 Å². The first-order chi connectivity index (χ1) is 12.3. The van der Waals surface area contributed by atoms with Crippen LogP contribution in [-0.2, 0) is 9.53 Å². The summed E-state index contributed by atoms with van der Waals surface area (Å²) in [6, 6.07) is 0. The number of anilines is 1. The Balaban J connectivity index is 2.20. The second-order valence-corrected chi connectivity index (χ2v) is 6.18. The maximum absolute atomic E-state index is 15.1. The number of aliphatic hydroxyl groups excluding tert-OH is 2. The second kappa shape index (κ2) is 6.59. The first kappa shape index (κ1) is 18.2. The summed E-state index contributed by atoms with van der Waals surface area (Å²) in [7, 11) is 0. The molecule has 1 fully saturated rings. The van der Waals surface area contributed by atoms with Gasteiger partial charge in [-0.25, -0.2) is 14.4 Å². The number of rotatable bonds is 4. The lowest BCUT2D eigenvalue weighted by atomic mass is 9.98. The van der Waals surface area contributed by atoms with Crippen molar-refractivity contribution < 1.29 is 24.1 Å². The van der Waals surface area contributed by atoms with Crippen molar-refractivity contribution in [2.45, 2.75) is 38.0 Å². The number of nitrogens with two attached hydrogens (primary N) is 1. The van der Waals surface area contributed by atoms with Crippen LogP contribution in [-0.4, -0.2) is 61.4 Å². The van der Waals surface area contributed by atoms with Crippen molar-refractivity contribution in [1.29, 1.82) is 0 Å². The quantitative estimate of drug-likeness (QED) is 0.329. The van der Waals surface area contributed by atoms with Gasteiger partial charge in [0.05, 0.1) is 18.2 Å². The molecule has 2 aromatic rings. The molecule has 3 heterocycles. The van der Waals surface area contributed by atoms with Crippen LogP contribution >= 0.6 is 0 Å². The number of carbonyl (C=O) groups excluding carboxylic acids is 1. The van der Waals surface area contributed by atoms with E-state index in [4.69, 9.17) is 10.6 Å². The van der Waals surface area contributed by atoms with Crippen LogP contribution in [0.4, 0.5) is 10.2 Å². The number of fused-ring (bicyclic) bond motifs is 1. The van der Waals surface area contributed by atoms with Crippen LogP contribution in [0.15, 0.2) is 17.6 Å². The first-order valence-electron chi connectivity index (χ1n) is 7.81. The van der Waals surface area contributed by atoms with Crippen LogP contribution in [0.1, 0.15) is 25.6 Å². The second-order valence-electron chi connectivity index (χ2n) is 6.18. The summed E-state index contributed by atoms with van der Waals surface area (Å²) in [5.41, 5.74) is -1.53. The van der Waals surface area contributed by atoms with Crippen molar-refractivity contribution in [2.24, 2.45) is 10.9 Å². The van der Waals surface area contributed by atoms with E-state index in [1.807, 2.05) is 0 Å². The van der Waals surface area contributed by atoms with E-state index in [1.165, 1.54) is 37.2 Å². The van der Waals surface area contributed by atoms with Gasteiger partial charge in [-0.15, -0.1) is 0 Å². The van der Waals surface area contributed by atoms with Gasteiger partial charge in [0.1, 0.15) is 30.0 Å². The van der Waals surface area contributed by atoms with Crippen LogP contribution in [0.3, 0.4) is 0 Å². The topological polar surface area (TPSA) is 148 Å². The number of hydrogen-bond acceptors (Lipinski definition) is 8. The number of nitrogens with one attached hydrogen (secondary N) is 1. The highest BCUT2D eigenvalue weighted by molar-refractivity contribution is 6.06. The zero-order chi connectivity index (χ0) is 19.1. The van der Waals surface area contributed by atoms with Crippen molar-refractivity contribution in [3.05, 3.63) is 18.1 Å². The fraction of sp³-hybridized carbons (Fsp3) is 0.467. The summed E-state index contributed by atoms with van der Waals surface area (Å²) in [6.45, 7) is 1.96. The van der Waals surface area contributed by atoms with Gasteiger partial charge in [0.15, 0.2) is 11.9 Å². The Hall–Kier alpha value is -2.63. The third-order valence-electron chi connectivity index (χ3n) is 4.30. The van der Waals surface area contributed by atoms with Crippen molar-refractivity contribution in [3.8, 4) is 0 Å². The predicted octanol–water partition coefficient (Wildman–Crippen LogP) is -0.339. The van der Waals surface area contributed by atoms with Crippen LogP contribution < -0.4 is 11.2 Å². The molecule has 0 spiro atoms. The molecule has 2 aromatic heterocycles. The molecule has 1 amide bonds. The van der Waals surface area contributed by atoms with E-state index in [-0.39, 0.29) is 17.4 Å². The average Bonchev–Trinajstić information content (AvgIpc) is 3.04. The molecular formula is C15H19FN6O4. The number of nitrogens with zero attached hydrogens (tertiary/aromatic N) is 4. The maximum Gasteiger partial charge on any atom is 0.222 e. The molecule has 10 nitrogen and oxygen atoms in total. The molecule has 1 aliphatic rings. The normalized spacial score (nSPS) is 28.9. The molecule has 0 aliphatic carbocycles. The Morgan fingerprint density at radius 3 is 2.92 bits per heavy atom. The number of halogens is 1. The van der Waals surface area contributed by atoms with Crippen LogP contribution in [0.2, 0.25) is 0 Å². The van der Waals surface area contributed by atoms with Gasteiger partial charge in [-0.2, -0.15) is 5.10 Å². The molecule has 0 aromatic carbocycles. The van der Waals surface area contributed by atoms with Gasteiger partial charge < -0.3 is 30.7 Å². The molecule has 11 heteroatoms. The van der Waals surface area contributed by atoms with Gasteiger partial charge in [0, 0.05) is 18.7 Å². The molecule has 1 aliphatic heterocycles. The predicted molar refractivity (Wildman–Crippen MR) is 90.1 cm³/mol.